The molecular formula is C19H21ClN4O2. The molecule has 0 atom stereocenters. The lowest BCUT2D eigenvalue weighted by atomic mass is 10.2. The highest BCUT2D eigenvalue weighted by atomic mass is 35.5. The lowest BCUT2D eigenvalue weighted by Gasteiger charge is -2.33. The average molecular weight is 373 g/mol. The van der Waals surface area contributed by atoms with Crippen molar-refractivity contribution in [3.63, 3.8) is 0 Å². The SMILES string of the molecule is CCN1CCN(C(=O)c2cc(C(=O)Nc3ccccc3Cl)ccn2)CC1. The van der Waals surface area contributed by atoms with Crippen molar-refractivity contribution < 1.29 is 9.59 Å². The molecule has 1 fully saturated rings. The Kier molecular flexibility index (Phi) is 5.85. The Bertz CT molecular complexity index is 804. The number of para-hydroxylation sites is 1. The van der Waals surface area contributed by atoms with E-state index in [2.05, 4.69) is 22.1 Å². The van der Waals surface area contributed by atoms with Crippen molar-refractivity contribution in [3.8, 4) is 0 Å². The molecule has 2 heterocycles. The Morgan fingerprint density at radius 2 is 1.88 bits per heavy atom. The van der Waals surface area contributed by atoms with Gasteiger partial charge < -0.3 is 15.1 Å². The van der Waals surface area contributed by atoms with Crippen LogP contribution in [0.25, 0.3) is 0 Å². The fourth-order valence-corrected chi connectivity index (χ4v) is 3.06. The third-order valence-electron chi connectivity index (χ3n) is 4.47. The Balaban J connectivity index is 1.71. The maximum Gasteiger partial charge on any atom is 0.272 e. The number of benzene rings is 1. The van der Waals surface area contributed by atoms with Gasteiger partial charge in [-0.25, -0.2) is 0 Å². The molecule has 1 aliphatic heterocycles. The minimum Gasteiger partial charge on any atom is -0.335 e. The molecule has 0 aliphatic carbocycles. The molecule has 3 rings (SSSR count). The molecule has 2 amide bonds. The maximum atomic E-state index is 12.7. The van der Waals surface area contributed by atoms with E-state index in [4.69, 9.17) is 11.6 Å². The van der Waals surface area contributed by atoms with Crippen LogP contribution in [0.4, 0.5) is 5.69 Å². The van der Waals surface area contributed by atoms with Gasteiger partial charge in [0, 0.05) is 37.9 Å². The van der Waals surface area contributed by atoms with E-state index < -0.39 is 0 Å². The minimum absolute atomic E-state index is 0.145. The van der Waals surface area contributed by atoms with E-state index in [1.807, 2.05) is 0 Å². The van der Waals surface area contributed by atoms with E-state index in [1.165, 1.54) is 12.3 Å². The van der Waals surface area contributed by atoms with Gasteiger partial charge in [-0.1, -0.05) is 30.7 Å². The number of carbonyl (C=O) groups is 2. The summed E-state index contributed by atoms with van der Waals surface area (Å²) in [6.07, 6.45) is 1.48. The van der Waals surface area contributed by atoms with Crippen LogP contribution in [0.3, 0.4) is 0 Å². The zero-order chi connectivity index (χ0) is 18.5. The number of rotatable bonds is 4. The van der Waals surface area contributed by atoms with Crippen molar-refractivity contribution in [1.29, 1.82) is 0 Å². The Morgan fingerprint density at radius 1 is 1.15 bits per heavy atom. The first-order valence-electron chi connectivity index (χ1n) is 8.62. The molecule has 0 unspecified atom stereocenters. The van der Waals surface area contributed by atoms with Gasteiger partial charge in [-0.15, -0.1) is 0 Å². The molecule has 1 saturated heterocycles. The summed E-state index contributed by atoms with van der Waals surface area (Å²) < 4.78 is 0. The highest BCUT2D eigenvalue weighted by molar-refractivity contribution is 6.33. The van der Waals surface area contributed by atoms with Gasteiger partial charge in [0.2, 0.25) is 0 Å². The lowest BCUT2D eigenvalue weighted by Crippen LogP contribution is -2.48. The smallest absolute Gasteiger partial charge is 0.272 e. The molecule has 136 valence electrons. The third kappa shape index (κ3) is 4.20. The van der Waals surface area contributed by atoms with Gasteiger partial charge in [0.25, 0.3) is 11.8 Å². The van der Waals surface area contributed by atoms with E-state index >= 15 is 0 Å². The number of anilines is 1. The zero-order valence-electron chi connectivity index (χ0n) is 14.6. The Morgan fingerprint density at radius 3 is 2.58 bits per heavy atom. The first-order valence-corrected chi connectivity index (χ1v) is 9.00. The molecule has 0 spiro atoms. The summed E-state index contributed by atoms with van der Waals surface area (Å²) in [5.74, 6) is -0.474. The van der Waals surface area contributed by atoms with Crippen LogP contribution in [0.2, 0.25) is 5.02 Å². The molecule has 0 saturated carbocycles. The summed E-state index contributed by atoms with van der Waals surface area (Å²) in [6, 6.07) is 10.1. The fraction of sp³-hybridized carbons (Fsp3) is 0.316. The number of nitrogens with zero attached hydrogens (tertiary/aromatic N) is 3. The van der Waals surface area contributed by atoms with Crippen molar-refractivity contribution >= 4 is 29.1 Å². The van der Waals surface area contributed by atoms with Crippen molar-refractivity contribution in [1.82, 2.24) is 14.8 Å². The van der Waals surface area contributed by atoms with Gasteiger partial charge in [0.15, 0.2) is 0 Å². The highest BCUT2D eigenvalue weighted by Gasteiger charge is 2.23. The number of piperazine rings is 1. The molecule has 2 aromatic rings. The van der Waals surface area contributed by atoms with Gasteiger partial charge in [0.05, 0.1) is 10.7 Å². The van der Waals surface area contributed by atoms with Crippen LogP contribution in [0, 0.1) is 0 Å². The van der Waals surface area contributed by atoms with Gasteiger partial charge in [-0.05, 0) is 30.8 Å². The van der Waals surface area contributed by atoms with Gasteiger partial charge in [-0.3, -0.25) is 14.6 Å². The van der Waals surface area contributed by atoms with Crippen LogP contribution in [0.15, 0.2) is 42.6 Å². The number of halogens is 1. The number of pyridine rings is 1. The monoisotopic (exact) mass is 372 g/mol. The predicted molar refractivity (Wildman–Crippen MR) is 102 cm³/mol. The number of likely N-dealkylation sites (N-methyl/N-ethyl adjacent to an activating group) is 1. The van der Waals surface area contributed by atoms with Gasteiger partial charge >= 0.3 is 0 Å². The summed E-state index contributed by atoms with van der Waals surface area (Å²) in [7, 11) is 0. The molecule has 1 aromatic carbocycles. The predicted octanol–water partition coefficient (Wildman–Crippen LogP) is 2.77. The maximum absolute atomic E-state index is 12.7. The molecular weight excluding hydrogens is 352 g/mol. The second-order valence-corrected chi connectivity index (χ2v) is 6.50. The van der Waals surface area contributed by atoms with Gasteiger partial charge in [-0.2, -0.15) is 0 Å². The Labute approximate surface area is 157 Å². The number of hydrogen-bond acceptors (Lipinski definition) is 4. The van der Waals surface area contributed by atoms with E-state index in [-0.39, 0.29) is 17.5 Å². The number of carbonyl (C=O) groups excluding carboxylic acids is 2. The molecule has 26 heavy (non-hydrogen) atoms. The Hall–Kier alpha value is -2.44. The van der Waals surface area contributed by atoms with Crippen LogP contribution >= 0.6 is 11.6 Å². The summed E-state index contributed by atoms with van der Waals surface area (Å²) in [5, 5.41) is 3.21. The molecule has 0 bridgehead atoms. The second kappa shape index (κ2) is 8.29. The molecule has 0 radical (unpaired) electrons. The summed E-state index contributed by atoms with van der Waals surface area (Å²) in [6.45, 7) is 6.15. The number of aromatic nitrogens is 1. The summed E-state index contributed by atoms with van der Waals surface area (Å²) in [5.41, 5.74) is 1.18. The van der Waals surface area contributed by atoms with Crippen molar-refractivity contribution in [2.24, 2.45) is 0 Å². The molecule has 7 heteroatoms. The normalized spacial score (nSPS) is 14.9. The fourth-order valence-electron chi connectivity index (χ4n) is 2.87. The van der Waals surface area contributed by atoms with Crippen LogP contribution in [-0.4, -0.2) is 59.3 Å². The quantitative estimate of drug-likeness (QED) is 0.896. The summed E-state index contributed by atoms with van der Waals surface area (Å²) in [4.78, 5) is 33.4. The van der Waals surface area contributed by atoms with E-state index in [0.717, 1.165) is 19.6 Å². The highest BCUT2D eigenvalue weighted by Crippen LogP contribution is 2.21. The van der Waals surface area contributed by atoms with Crippen molar-refractivity contribution in [3.05, 3.63) is 58.9 Å². The average Bonchev–Trinajstić information content (AvgIpc) is 2.69. The number of hydrogen-bond donors (Lipinski definition) is 1. The van der Waals surface area contributed by atoms with Crippen molar-refractivity contribution in [2.75, 3.05) is 38.0 Å². The summed E-state index contributed by atoms with van der Waals surface area (Å²) >= 11 is 6.07. The number of nitrogens with one attached hydrogen (secondary N) is 1. The molecule has 1 N–H and O–H groups in total. The largest absolute Gasteiger partial charge is 0.335 e. The third-order valence-corrected chi connectivity index (χ3v) is 4.80. The minimum atomic E-state index is -0.328. The topological polar surface area (TPSA) is 65.5 Å². The van der Waals surface area contributed by atoms with E-state index in [1.54, 1.807) is 35.2 Å². The molecule has 6 nitrogen and oxygen atoms in total. The van der Waals surface area contributed by atoms with Crippen LogP contribution in [0.1, 0.15) is 27.8 Å². The first-order chi connectivity index (χ1) is 12.6. The van der Waals surface area contributed by atoms with Gasteiger partial charge in [0.1, 0.15) is 5.69 Å². The van der Waals surface area contributed by atoms with Crippen LogP contribution < -0.4 is 5.32 Å². The molecule has 1 aromatic heterocycles. The second-order valence-electron chi connectivity index (χ2n) is 6.09. The van der Waals surface area contributed by atoms with E-state index in [0.29, 0.717) is 29.4 Å². The first kappa shape index (κ1) is 18.4. The standard InChI is InChI=1S/C19H21ClN4O2/c1-2-23-9-11-24(12-10-23)19(26)17-13-14(7-8-21-17)18(25)22-16-6-4-3-5-15(16)20/h3-8,13H,2,9-12H2,1H3,(H,22,25). The zero-order valence-corrected chi connectivity index (χ0v) is 15.4. The van der Waals surface area contributed by atoms with Crippen LogP contribution in [-0.2, 0) is 0 Å². The molecule has 1 aliphatic rings. The lowest BCUT2D eigenvalue weighted by molar-refractivity contribution is 0.0637. The van der Waals surface area contributed by atoms with Crippen molar-refractivity contribution in [2.45, 2.75) is 6.92 Å². The van der Waals surface area contributed by atoms with Crippen LogP contribution in [0.5, 0.6) is 0 Å². The number of amides is 2. The van der Waals surface area contributed by atoms with E-state index in [9.17, 15) is 9.59 Å².